The third-order valence-corrected chi connectivity index (χ3v) is 3.93. The first kappa shape index (κ1) is 12.7. The first-order chi connectivity index (χ1) is 9.68. The van der Waals surface area contributed by atoms with E-state index in [4.69, 9.17) is 0 Å². The van der Waals surface area contributed by atoms with Crippen LogP contribution < -0.4 is 0 Å². The summed E-state index contributed by atoms with van der Waals surface area (Å²) in [5.74, 6) is -0.809. The molecule has 0 saturated heterocycles. The molecule has 1 aliphatic rings. The highest BCUT2D eigenvalue weighted by atomic mass is 16.4. The van der Waals surface area contributed by atoms with Crippen LogP contribution in [0.1, 0.15) is 28.7 Å². The van der Waals surface area contributed by atoms with E-state index in [0.717, 1.165) is 23.1 Å². The van der Waals surface area contributed by atoms with E-state index in [0.29, 0.717) is 12.0 Å². The van der Waals surface area contributed by atoms with Gasteiger partial charge in [0.2, 0.25) is 0 Å². The van der Waals surface area contributed by atoms with E-state index in [-0.39, 0.29) is 0 Å². The Morgan fingerprint density at radius 3 is 2.45 bits per heavy atom. The quantitative estimate of drug-likeness (QED) is 0.895. The molecule has 100 valence electrons. The van der Waals surface area contributed by atoms with Gasteiger partial charge >= 0.3 is 5.97 Å². The average molecular weight is 264 g/mol. The minimum absolute atomic E-state index is 0.523. The maximum atomic E-state index is 11.6. The van der Waals surface area contributed by atoms with Crippen molar-refractivity contribution in [2.75, 3.05) is 0 Å². The topological polar surface area (TPSA) is 37.3 Å². The summed E-state index contributed by atoms with van der Waals surface area (Å²) in [6.45, 7) is 2.09. The molecular weight excluding hydrogens is 248 g/mol. The van der Waals surface area contributed by atoms with Crippen molar-refractivity contribution in [1.29, 1.82) is 0 Å². The predicted octanol–water partition coefficient (Wildman–Crippen LogP) is 3.83. The number of aliphatic carboxylic acids is 1. The van der Waals surface area contributed by atoms with E-state index in [9.17, 15) is 9.90 Å². The molecule has 2 aromatic carbocycles. The van der Waals surface area contributed by atoms with Crippen LogP contribution in [0.3, 0.4) is 0 Å². The van der Waals surface area contributed by atoms with Crippen molar-refractivity contribution in [1.82, 2.24) is 0 Å². The molecule has 0 heterocycles. The molecule has 0 bridgehead atoms. The summed E-state index contributed by atoms with van der Waals surface area (Å²) in [5, 5.41) is 9.51. The van der Waals surface area contributed by atoms with Crippen molar-refractivity contribution in [3.8, 4) is 0 Å². The standard InChI is InChI=1S/C18H16O2/c1-12-6-5-9-15-14(12)10-11-16(18(19)20)17(15)13-7-3-2-4-8-13/h2-9H,10-11H2,1H3,(H,19,20). The van der Waals surface area contributed by atoms with Gasteiger partial charge in [0.15, 0.2) is 0 Å². The predicted molar refractivity (Wildman–Crippen MR) is 79.6 cm³/mol. The molecule has 2 aromatic rings. The monoisotopic (exact) mass is 264 g/mol. The van der Waals surface area contributed by atoms with Gasteiger partial charge in [0, 0.05) is 5.57 Å². The Morgan fingerprint density at radius 1 is 1.00 bits per heavy atom. The Kier molecular flexibility index (Phi) is 3.15. The summed E-state index contributed by atoms with van der Waals surface area (Å²) in [6.07, 6.45) is 1.40. The number of carbonyl (C=O) groups is 1. The number of hydrogen-bond donors (Lipinski definition) is 1. The van der Waals surface area contributed by atoms with Gasteiger partial charge in [0.05, 0.1) is 0 Å². The maximum Gasteiger partial charge on any atom is 0.332 e. The lowest BCUT2D eigenvalue weighted by Gasteiger charge is -2.23. The van der Waals surface area contributed by atoms with E-state index in [1.54, 1.807) is 0 Å². The zero-order chi connectivity index (χ0) is 14.1. The van der Waals surface area contributed by atoms with Crippen molar-refractivity contribution in [2.24, 2.45) is 0 Å². The molecule has 0 unspecified atom stereocenters. The van der Waals surface area contributed by atoms with Crippen LogP contribution in [-0.4, -0.2) is 11.1 Å². The summed E-state index contributed by atoms with van der Waals surface area (Å²) in [7, 11) is 0. The van der Waals surface area contributed by atoms with Gasteiger partial charge in [0.25, 0.3) is 0 Å². The Morgan fingerprint density at radius 2 is 1.75 bits per heavy atom. The van der Waals surface area contributed by atoms with Crippen molar-refractivity contribution < 1.29 is 9.90 Å². The highest BCUT2D eigenvalue weighted by Gasteiger charge is 2.24. The summed E-state index contributed by atoms with van der Waals surface area (Å²) in [6, 6.07) is 15.9. The molecule has 0 spiro atoms. The van der Waals surface area contributed by atoms with Gasteiger partial charge in [-0.1, -0.05) is 48.5 Å². The Hall–Kier alpha value is -2.35. The molecule has 0 aliphatic heterocycles. The van der Waals surface area contributed by atoms with Crippen molar-refractivity contribution in [2.45, 2.75) is 19.8 Å². The van der Waals surface area contributed by atoms with Gasteiger partial charge < -0.3 is 5.11 Å². The highest BCUT2D eigenvalue weighted by molar-refractivity contribution is 6.02. The zero-order valence-electron chi connectivity index (χ0n) is 11.4. The summed E-state index contributed by atoms with van der Waals surface area (Å²) in [5.41, 5.74) is 5.96. The minimum Gasteiger partial charge on any atom is -0.478 e. The fourth-order valence-corrected chi connectivity index (χ4v) is 2.95. The van der Waals surface area contributed by atoms with Crippen LogP contribution in [0.4, 0.5) is 0 Å². The molecule has 0 atom stereocenters. The number of carboxylic acids is 1. The molecule has 0 fully saturated rings. The molecule has 2 heteroatoms. The number of benzene rings is 2. The molecule has 1 N–H and O–H groups in total. The average Bonchev–Trinajstić information content (AvgIpc) is 2.47. The normalized spacial score (nSPS) is 14.1. The molecular formula is C18H16O2. The molecule has 0 radical (unpaired) electrons. The van der Waals surface area contributed by atoms with Crippen LogP contribution in [0, 0.1) is 6.92 Å². The lowest BCUT2D eigenvalue weighted by molar-refractivity contribution is -0.132. The molecule has 3 rings (SSSR count). The van der Waals surface area contributed by atoms with Gasteiger partial charge in [0.1, 0.15) is 0 Å². The molecule has 0 saturated carbocycles. The van der Waals surface area contributed by atoms with Crippen molar-refractivity contribution in [3.63, 3.8) is 0 Å². The number of aryl methyl sites for hydroxylation is 1. The smallest absolute Gasteiger partial charge is 0.332 e. The Balaban J connectivity index is 2.30. The van der Waals surface area contributed by atoms with Crippen molar-refractivity contribution >= 4 is 11.5 Å². The largest absolute Gasteiger partial charge is 0.478 e. The Labute approximate surface area is 118 Å². The lowest BCUT2D eigenvalue weighted by atomic mass is 9.80. The fraction of sp³-hybridized carbons (Fsp3) is 0.167. The number of fused-ring (bicyclic) bond motifs is 1. The molecule has 20 heavy (non-hydrogen) atoms. The second kappa shape index (κ2) is 4.97. The van der Waals surface area contributed by atoms with Crippen LogP contribution >= 0.6 is 0 Å². The summed E-state index contributed by atoms with van der Waals surface area (Å²) < 4.78 is 0. The third-order valence-electron chi connectivity index (χ3n) is 3.93. The molecule has 0 aromatic heterocycles. The van der Waals surface area contributed by atoms with E-state index < -0.39 is 5.97 Å². The Bertz CT molecular complexity index is 697. The number of rotatable bonds is 2. The first-order valence-electron chi connectivity index (χ1n) is 6.79. The van der Waals surface area contributed by atoms with Crippen LogP contribution in [0.15, 0.2) is 54.1 Å². The van der Waals surface area contributed by atoms with E-state index in [1.807, 2.05) is 42.5 Å². The highest BCUT2D eigenvalue weighted by Crippen LogP contribution is 2.37. The van der Waals surface area contributed by atoms with Gasteiger partial charge in [-0.15, -0.1) is 0 Å². The van der Waals surface area contributed by atoms with Gasteiger partial charge in [-0.3, -0.25) is 0 Å². The number of carboxylic acid groups (broad SMARTS) is 1. The first-order valence-corrected chi connectivity index (χ1v) is 6.79. The maximum absolute atomic E-state index is 11.6. The van der Waals surface area contributed by atoms with E-state index >= 15 is 0 Å². The SMILES string of the molecule is Cc1cccc2c1CCC(C(=O)O)=C2c1ccccc1. The molecule has 0 amide bonds. The second-order valence-electron chi connectivity index (χ2n) is 5.13. The molecule has 2 nitrogen and oxygen atoms in total. The minimum atomic E-state index is -0.809. The van der Waals surface area contributed by atoms with Gasteiger partial charge in [-0.25, -0.2) is 4.79 Å². The summed E-state index contributed by atoms with van der Waals surface area (Å²) >= 11 is 0. The van der Waals surface area contributed by atoms with Crippen molar-refractivity contribution in [3.05, 3.63) is 76.4 Å². The third kappa shape index (κ3) is 2.03. The van der Waals surface area contributed by atoms with Gasteiger partial charge in [-0.05, 0) is 47.6 Å². The zero-order valence-corrected chi connectivity index (χ0v) is 11.4. The fourth-order valence-electron chi connectivity index (χ4n) is 2.95. The van der Waals surface area contributed by atoms with Crippen LogP contribution in [0.5, 0.6) is 0 Å². The number of hydrogen-bond acceptors (Lipinski definition) is 1. The second-order valence-corrected chi connectivity index (χ2v) is 5.13. The lowest BCUT2D eigenvalue weighted by Crippen LogP contribution is -2.13. The van der Waals surface area contributed by atoms with Gasteiger partial charge in [-0.2, -0.15) is 0 Å². The van der Waals surface area contributed by atoms with E-state index in [2.05, 4.69) is 13.0 Å². The van der Waals surface area contributed by atoms with Crippen LogP contribution in [0.25, 0.3) is 5.57 Å². The summed E-state index contributed by atoms with van der Waals surface area (Å²) in [4.78, 5) is 11.6. The van der Waals surface area contributed by atoms with E-state index in [1.165, 1.54) is 11.1 Å². The molecule has 1 aliphatic carbocycles. The van der Waals surface area contributed by atoms with Crippen LogP contribution in [-0.2, 0) is 11.2 Å². The van der Waals surface area contributed by atoms with Crippen LogP contribution in [0.2, 0.25) is 0 Å².